The van der Waals surface area contributed by atoms with Crippen LogP contribution in [0.5, 0.6) is 17.2 Å². The first-order chi connectivity index (χ1) is 20.8. The summed E-state index contributed by atoms with van der Waals surface area (Å²) in [5.41, 5.74) is 2.67. The van der Waals surface area contributed by atoms with Gasteiger partial charge in [0.1, 0.15) is 28.4 Å². The Labute approximate surface area is 303 Å². The molecule has 0 unspecified atom stereocenters. The normalized spacial score (nSPS) is 10.6. The molecule has 0 saturated carbocycles. The zero-order chi connectivity index (χ0) is 30.5. The van der Waals surface area contributed by atoms with E-state index < -0.39 is 17.4 Å². The number of phenolic OH excluding ortho intramolecular Hbond substituents is 1. The zero-order valence-electron chi connectivity index (χ0n) is 25.4. The molecule has 0 aliphatic heterocycles. The molecule has 1 N–H and O–H groups in total. The minimum absolute atomic E-state index is 0. The van der Waals surface area contributed by atoms with Crippen LogP contribution < -0.4 is 84.2 Å². The number of carboxylic acids is 2. The number of carboxylic acid groups (broad SMARTS) is 2. The second kappa shape index (κ2) is 16.3. The van der Waals surface area contributed by atoms with Crippen LogP contribution in [0, 0.1) is 0 Å². The molecule has 0 spiro atoms. The van der Waals surface area contributed by atoms with Crippen LogP contribution in [0.4, 0.5) is 0 Å². The van der Waals surface area contributed by atoms with Crippen LogP contribution in [0.25, 0.3) is 33.1 Å². The average molecular weight is 627 g/mol. The fraction of sp³-hybridized carbons (Fsp3) is 0.206. The Morgan fingerprint density at radius 3 is 2.24 bits per heavy atom. The Hall–Kier alpha value is -3.31. The van der Waals surface area contributed by atoms with Gasteiger partial charge in [-0.25, -0.2) is 0 Å². The topological polar surface area (TPSA) is 149 Å². The molecule has 0 aliphatic carbocycles. The first-order valence-corrected chi connectivity index (χ1v) is 13.9. The molecule has 0 atom stereocenters. The van der Waals surface area contributed by atoms with Crippen LogP contribution in [-0.4, -0.2) is 30.3 Å². The Bertz CT molecular complexity index is 1890. The first kappa shape index (κ1) is 36.2. The Morgan fingerprint density at radius 2 is 1.58 bits per heavy atom. The maximum Gasteiger partial charge on any atom is 1.00 e. The summed E-state index contributed by atoms with van der Waals surface area (Å²) < 4.78 is 17.9. The Kier molecular flexibility index (Phi) is 13.1. The van der Waals surface area contributed by atoms with Crippen molar-refractivity contribution in [2.45, 2.75) is 32.6 Å². The van der Waals surface area contributed by atoms with Crippen LogP contribution >= 0.6 is 0 Å². The summed E-state index contributed by atoms with van der Waals surface area (Å²) in [4.78, 5) is 35.7. The van der Waals surface area contributed by atoms with Crippen LogP contribution in [0.1, 0.15) is 41.3 Å². The van der Waals surface area contributed by atoms with Gasteiger partial charge in [-0.15, -0.1) is 0 Å². The largest absolute Gasteiger partial charge is 1.00 e. The molecule has 4 aromatic carbocycles. The van der Waals surface area contributed by atoms with Crippen LogP contribution in [0.15, 0.2) is 82.0 Å². The minimum Gasteiger partial charge on any atom is -0.550 e. The molecule has 45 heavy (non-hydrogen) atoms. The van der Waals surface area contributed by atoms with Crippen molar-refractivity contribution in [1.29, 1.82) is 0 Å². The minimum atomic E-state index is -1.42. The van der Waals surface area contributed by atoms with E-state index in [1.165, 1.54) is 24.3 Å². The maximum absolute atomic E-state index is 13.2. The van der Waals surface area contributed by atoms with Crippen molar-refractivity contribution >= 4 is 33.9 Å². The van der Waals surface area contributed by atoms with Gasteiger partial charge in [0.05, 0.1) is 30.0 Å². The molecule has 0 amide bonds. The second-order valence-electron chi connectivity index (χ2n) is 9.97. The number of benzene rings is 4. The van der Waals surface area contributed by atoms with Gasteiger partial charge in [0, 0.05) is 29.6 Å². The summed E-state index contributed by atoms with van der Waals surface area (Å²) in [7, 11) is 0. The number of fused-ring (bicyclic) bond motifs is 2. The molecule has 0 fully saturated rings. The van der Waals surface area contributed by atoms with Crippen molar-refractivity contribution < 1.29 is 97.9 Å². The molecule has 0 saturated heterocycles. The van der Waals surface area contributed by atoms with Crippen molar-refractivity contribution in [3.8, 4) is 28.4 Å². The third kappa shape index (κ3) is 8.30. The molecule has 1 aromatic heterocycles. The van der Waals surface area contributed by atoms with Crippen LogP contribution in [0.3, 0.4) is 0 Å². The van der Waals surface area contributed by atoms with E-state index in [4.69, 9.17) is 13.9 Å². The number of rotatable bonds is 12. The van der Waals surface area contributed by atoms with E-state index in [0.717, 1.165) is 16.7 Å². The zero-order valence-corrected chi connectivity index (χ0v) is 29.4. The third-order valence-electron chi connectivity index (χ3n) is 7.16. The number of phenols is 1. The van der Waals surface area contributed by atoms with Gasteiger partial charge in [-0.05, 0) is 72.4 Å². The fourth-order valence-electron chi connectivity index (χ4n) is 4.98. The molecular formula is C34H28Na2O9. The van der Waals surface area contributed by atoms with Crippen molar-refractivity contribution in [3.05, 3.63) is 99.7 Å². The molecule has 220 valence electrons. The predicted octanol–water partition coefficient (Wildman–Crippen LogP) is -2.22. The van der Waals surface area contributed by atoms with E-state index in [1.807, 2.05) is 43.3 Å². The SMILES string of the molecule is CCc1cc(-c2ccccc2)c(O)cc1OCCCOc1ccc2c(=O)c3cc(C(=O)[O-])ccc3oc2c1CCC(=O)[O-].[Na+].[Na+]. The van der Waals surface area contributed by atoms with E-state index in [0.29, 0.717) is 36.5 Å². The summed E-state index contributed by atoms with van der Waals surface area (Å²) in [5.74, 6) is -1.65. The maximum atomic E-state index is 13.2. The Balaban J connectivity index is 0.00000276. The monoisotopic (exact) mass is 626 g/mol. The molecule has 0 radical (unpaired) electrons. The van der Waals surface area contributed by atoms with Gasteiger partial charge in [0.25, 0.3) is 0 Å². The molecule has 5 rings (SSSR count). The van der Waals surface area contributed by atoms with E-state index in [2.05, 4.69) is 0 Å². The van der Waals surface area contributed by atoms with E-state index in [1.54, 1.807) is 12.1 Å². The summed E-state index contributed by atoms with van der Waals surface area (Å²) in [6.45, 7) is 2.51. The van der Waals surface area contributed by atoms with Gasteiger partial charge < -0.3 is 38.8 Å². The number of aromatic carboxylic acids is 1. The van der Waals surface area contributed by atoms with Crippen molar-refractivity contribution in [3.63, 3.8) is 0 Å². The number of ether oxygens (including phenoxy) is 2. The van der Waals surface area contributed by atoms with Crippen molar-refractivity contribution in [2.24, 2.45) is 0 Å². The van der Waals surface area contributed by atoms with Crippen LogP contribution in [0.2, 0.25) is 0 Å². The number of aliphatic carboxylic acids is 1. The quantitative estimate of drug-likeness (QED) is 0.0924. The molecule has 0 bridgehead atoms. The van der Waals surface area contributed by atoms with Crippen molar-refractivity contribution in [1.82, 2.24) is 0 Å². The summed E-state index contributed by atoms with van der Waals surface area (Å²) in [5, 5.41) is 33.4. The molecule has 9 nitrogen and oxygen atoms in total. The Morgan fingerprint density at radius 1 is 0.867 bits per heavy atom. The first-order valence-electron chi connectivity index (χ1n) is 13.9. The van der Waals surface area contributed by atoms with Crippen LogP contribution in [-0.2, 0) is 17.6 Å². The van der Waals surface area contributed by atoms with Crippen molar-refractivity contribution in [2.75, 3.05) is 13.2 Å². The number of carbonyl (C=O) groups excluding carboxylic acids is 2. The molecular weight excluding hydrogens is 598 g/mol. The average Bonchev–Trinajstić information content (AvgIpc) is 3.00. The second-order valence-corrected chi connectivity index (χ2v) is 9.97. The van der Waals surface area contributed by atoms with Gasteiger partial charge in [-0.2, -0.15) is 0 Å². The summed E-state index contributed by atoms with van der Waals surface area (Å²) in [6.07, 6.45) is 0.839. The third-order valence-corrected chi connectivity index (χ3v) is 7.16. The summed E-state index contributed by atoms with van der Waals surface area (Å²) >= 11 is 0. The molecule has 11 heteroatoms. The number of aryl methyl sites for hydroxylation is 2. The van der Waals surface area contributed by atoms with E-state index in [9.17, 15) is 29.7 Å². The standard InChI is InChI=1S/C34H30O9.2Na/c1-2-20-17-25(21-7-4-3-5-8-21)27(35)19-30(20)42-16-6-15-41-28-13-10-24-32(38)26-18-22(34(39)40)9-12-29(26)43-33(24)23(28)11-14-31(36)37;;/h3-5,7-10,12-13,17-19,35H,2,6,11,14-16H2,1H3,(H,36,37)(H,39,40);;/q;2*+1/p-2. The summed E-state index contributed by atoms with van der Waals surface area (Å²) in [6, 6.07) is 20.0. The van der Waals surface area contributed by atoms with E-state index in [-0.39, 0.29) is 112 Å². The van der Waals surface area contributed by atoms with E-state index >= 15 is 0 Å². The molecule has 0 aliphatic rings. The number of hydrogen-bond donors (Lipinski definition) is 1. The van der Waals surface area contributed by atoms with Gasteiger partial charge >= 0.3 is 59.1 Å². The smallest absolute Gasteiger partial charge is 0.550 e. The number of aromatic hydroxyl groups is 1. The molecule has 1 heterocycles. The van der Waals surface area contributed by atoms with Gasteiger partial charge in [0.2, 0.25) is 5.43 Å². The van der Waals surface area contributed by atoms with Gasteiger partial charge in [0.15, 0.2) is 0 Å². The molecule has 5 aromatic rings. The van der Waals surface area contributed by atoms with Gasteiger partial charge in [-0.1, -0.05) is 37.3 Å². The fourth-order valence-corrected chi connectivity index (χ4v) is 4.98. The van der Waals surface area contributed by atoms with Gasteiger partial charge in [-0.3, -0.25) is 4.79 Å². The predicted molar refractivity (Wildman–Crippen MR) is 156 cm³/mol. The number of hydrogen-bond acceptors (Lipinski definition) is 9. The number of carbonyl (C=O) groups is 2.